The first-order valence-electron chi connectivity index (χ1n) is 7.71. The molecule has 0 N–H and O–H groups in total. The average Bonchev–Trinajstić information content (AvgIpc) is 2.64. The molecule has 0 atom stereocenters. The molecule has 0 bridgehead atoms. The molecule has 2 heterocycles. The number of pyridine rings is 1. The van der Waals surface area contributed by atoms with Gasteiger partial charge >= 0.3 is 7.12 Å². The zero-order valence-corrected chi connectivity index (χ0v) is 14.4. The van der Waals surface area contributed by atoms with Crippen LogP contribution < -0.4 is 5.46 Å². The lowest BCUT2D eigenvalue weighted by Crippen LogP contribution is -2.41. The number of halogens is 2. The molecule has 4 nitrogen and oxygen atoms in total. The summed E-state index contributed by atoms with van der Waals surface area (Å²) in [6, 6.07) is 1.30. The zero-order chi connectivity index (χ0) is 17.4. The highest BCUT2D eigenvalue weighted by molar-refractivity contribution is 6.62. The Balaban J connectivity index is 2.36. The smallest absolute Gasteiger partial charge is 0.399 e. The van der Waals surface area contributed by atoms with Gasteiger partial charge in [-0.05, 0) is 39.7 Å². The summed E-state index contributed by atoms with van der Waals surface area (Å²) in [5.41, 5.74) is -1.09. The van der Waals surface area contributed by atoms with E-state index in [2.05, 4.69) is 9.98 Å². The number of rotatable bonds is 4. The quantitative estimate of drug-likeness (QED) is 0.627. The van der Waals surface area contributed by atoms with Gasteiger partial charge in [-0.3, -0.25) is 0 Å². The van der Waals surface area contributed by atoms with Crippen molar-refractivity contribution in [1.29, 1.82) is 0 Å². The van der Waals surface area contributed by atoms with E-state index in [0.29, 0.717) is 0 Å². The zero-order valence-electron chi connectivity index (χ0n) is 14.4. The maximum Gasteiger partial charge on any atom is 0.496 e. The molecule has 2 rings (SSSR count). The molecular formula is C16H23BF2N2O2. The molecule has 1 aliphatic heterocycles. The minimum absolute atomic E-state index is 0.158. The van der Waals surface area contributed by atoms with Crippen molar-refractivity contribution in [3.05, 3.63) is 17.8 Å². The van der Waals surface area contributed by atoms with Crippen LogP contribution in [0.5, 0.6) is 0 Å². The monoisotopic (exact) mass is 324 g/mol. The molecule has 23 heavy (non-hydrogen) atoms. The molecule has 126 valence electrons. The lowest BCUT2D eigenvalue weighted by atomic mass is 9.77. The van der Waals surface area contributed by atoms with Gasteiger partial charge in [-0.15, -0.1) is 0 Å². The van der Waals surface area contributed by atoms with Crippen LogP contribution in [0, 0.1) is 5.92 Å². The van der Waals surface area contributed by atoms with Crippen LogP contribution in [-0.2, 0) is 9.31 Å². The standard InChI is InChI=1S/C16H23BF2N2O2/c1-10(2)8-20-13-7-11(14(18)19)12(9-21-13)17-22-15(3,4)16(5,6)23-17/h7-10,14H,1-6H3. The fraction of sp³-hybridized carbons (Fsp3) is 0.625. The highest BCUT2D eigenvalue weighted by atomic mass is 19.3. The summed E-state index contributed by atoms with van der Waals surface area (Å²) in [6.45, 7) is 11.4. The van der Waals surface area contributed by atoms with Crippen molar-refractivity contribution in [1.82, 2.24) is 4.98 Å². The minimum Gasteiger partial charge on any atom is -0.399 e. The van der Waals surface area contributed by atoms with Crippen molar-refractivity contribution in [2.24, 2.45) is 10.9 Å². The van der Waals surface area contributed by atoms with Crippen LogP contribution in [0.2, 0.25) is 0 Å². The van der Waals surface area contributed by atoms with Crippen LogP contribution >= 0.6 is 0 Å². The third-order valence-electron chi connectivity index (χ3n) is 4.20. The van der Waals surface area contributed by atoms with E-state index in [4.69, 9.17) is 9.31 Å². The lowest BCUT2D eigenvalue weighted by Gasteiger charge is -2.32. The Morgan fingerprint density at radius 1 is 1.17 bits per heavy atom. The van der Waals surface area contributed by atoms with Crippen LogP contribution in [0.15, 0.2) is 17.3 Å². The molecule has 0 amide bonds. The lowest BCUT2D eigenvalue weighted by molar-refractivity contribution is 0.00578. The third-order valence-corrected chi connectivity index (χ3v) is 4.20. The molecule has 0 aromatic carbocycles. The van der Waals surface area contributed by atoms with E-state index in [9.17, 15) is 8.78 Å². The van der Waals surface area contributed by atoms with Gasteiger partial charge in [0.25, 0.3) is 6.43 Å². The maximum atomic E-state index is 13.5. The normalized spacial score (nSPS) is 20.2. The second-order valence-electron chi connectivity index (χ2n) is 7.08. The second-order valence-corrected chi connectivity index (χ2v) is 7.08. The third kappa shape index (κ3) is 3.78. The Kier molecular flexibility index (Phi) is 4.92. The van der Waals surface area contributed by atoms with Gasteiger partial charge in [-0.2, -0.15) is 0 Å². The van der Waals surface area contributed by atoms with Crippen molar-refractivity contribution in [3.8, 4) is 0 Å². The van der Waals surface area contributed by atoms with E-state index in [-0.39, 0.29) is 22.8 Å². The van der Waals surface area contributed by atoms with Gasteiger partial charge < -0.3 is 9.31 Å². The van der Waals surface area contributed by atoms with Crippen molar-refractivity contribution in [2.75, 3.05) is 0 Å². The van der Waals surface area contributed by atoms with Crippen LogP contribution in [-0.4, -0.2) is 29.5 Å². The largest absolute Gasteiger partial charge is 0.496 e. The average molecular weight is 324 g/mol. The predicted octanol–water partition coefficient (Wildman–Crippen LogP) is 3.68. The molecule has 0 unspecified atom stereocenters. The number of hydrogen-bond donors (Lipinski definition) is 0. The van der Waals surface area contributed by atoms with E-state index in [0.717, 1.165) is 0 Å². The van der Waals surface area contributed by atoms with Gasteiger partial charge in [-0.1, -0.05) is 13.8 Å². The Morgan fingerprint density at radius 2 is 1.74 bits per heavy atom. The number of hydrogen-bond acceptors (Lipinski definition) is 4. The van der Waals surface area contributed by atoms with Crippen LogP contribution in [0.25, 0.3) is 0 Å². The number of aliphatic imine (C=N–C) groups is 1. The fourth-order valence-corrected chi connectivity index (χ4v) is 2.12. The Morgan fingerprint density at radius 3 is 2.22 bits per heavy atom. The van der Waals surface area contributed by atoms with Crippen molar-refractivity contribution in [2.45, 2.75) is 59.2 Å². The summed E-state index contributed by atoms with van der Waals surface area (Å²) in [5, 5.41) is 0. The van der Waals surface area contributed by atoms with Crippen molar-refractivity contribution in [3.63, 3.8) is 0 Å². The van der Waals surface area contributed by atoms with E-state index in [1.54, 1.807) is 6.21 Å². The molecule has 0 saturated carbocycles. The molecule has 1 saturated heterocycles. The number of alkyl halides is 2. The highest BCUT2D eigenvalue weighted by Crippen LogP contribution is 2.37. The van der Waals surface area contributed by atoms with Crippen molar-refractivity contribution < 1.29 is 18.1 Å². The van der Waals surface area contributed by atoms with Gasteiger partial charge in [0, 0.05) is 23.4 Å². The van der Waals surface area contributed by atoms with E-state index >= 15 is 0 Å². The first kappa shape index (κ1) is 18.0. The van der Waals surface area contributed by atoms with E-state index < -0.39 is 24.7 Å². The number of aromatic nitrogens is 1. The topological polar surface area (TPSA) is 43.7 Å². The predicted molar refractivity (Wildman–Crippen MR) is 87.9 cm³/mol. The van der Waals surface area contributed by atoms with Crippen LogP contribution in [0.4, 0.5) is 14.6 Å². The maximum absolute atomic E-state index is 13.5. The first-order valence-corrected chi connectivity index (χ1v) is 7.71. The van der Waals surface area contributed by atoms with Gasteiger partial charge in [-0.25, -0.2) is 18.8 Å². The summed E-state index contributed by atoms with van der Waals surface area (Å²) in [7, 11) is -0.861. The molecule has 1 aromatic rings. The fourth-order valence-electron chi connectivity index (χ4n) is 2.12. The SMILES string of the molecule is CC(C)C=Nc1cc(C(F)F)c(B2OC(C)(C)C(C)(C)O2)cn1. The molecule has 0 spiro atoms. The van der Waals surface area contributed by atoms with Gasteiger partial charge in [0.1, 0.15) is 0 Å². The van der Waals surface area contributed by atoms with Gasteiger partial charge in [0.05, 0.1) is 11.2 Å². The first-order chi connectivity index (χ1) is 10.5. The van der Waals surface area contributed by atoms with E-state index in [1.165, 1.54) is 12.3 Å². The summed E-state index contributed by atoms with van der Waals surface area (Å²) in [5.74, 6) is 0.476. The van der Waals surface area contributed by atoms with Crippen molar-refractivity contribution >= 4 is 24.6 Å². The Bertz CT molecular complexity index is 588. The summed E-state index contributed by atoms with van der Waals surface area (Å²) in [4.78, 5) is 8.27. The minimum atomic E-state index is -2.65. The summed E-state index contributed by atoms with van der Waals surface area (Å²) in [6.07, 6.45) is 0.392. The second kappa shape index (κ2) is 6.28. The molecule has 0 radical (unpaired) electrons. The molecule has 7 heteroatoms. The molecule has 1 aliphatic rings. The van der Waals surface area contributed by atoms with Crippen LogP contribution in [0.3, 0.4) is 0 Å². The Hall–Kier alpha value is -1.34. The number of nitrogens with zero attached hydrogens (tertiary/aromatic N) is 2. The van der Waals surface area contributed by atoms with Crippen LogP contribution in [0.1, 0.15) is 53.5 Å². The highest BCUT2D eigenvalue weighted by Gasteiger charge is 2.52. The van der Waals surface area contributed by atoms with Gasteiger partial charge in [0.15, 0.2) is 5.82 Å². The molecular weight excluding hydrogens is 301 g/mol. The molecule has 0 aliphatic carbocycles. The molecule has 1 fully saturated rings. The van der Waals surface area contributed by atoms with Gasteiger partial charge in [0.2, 0.25) is 0 Å². The Labute approximate surface area is 136 Å². The van der Waals surface area contributed by atoms with E-state index in [1.807, 2.05) is 41.5 Å². The summed E-state index contributed by atoms with van der Waals surface area (Å²) >= 11 is 0. The summed E-state index contributed by atoms with van der Waals surface area (Å²) < 4.78 is 38.6. The molecule has 1 aromatic heterocycles.